The van der Waals surface area contributed by atoms with Crippen LogP contribution in [0.2, 0.25) is 0 Å². The molecule has 1 N–H and O–H groups in total. The minimum Gasteiger partial charge on any atom is -0.357 e. The van der Waals surface area contributed by atoms with E-state index in [1.807, 2.05) is 0 Å². The molecule has 0 spiro atoms. The van der Waals surface area contributed by atoms with Crippen LogP contribution in [0.4, 0.5) is 5.82 Å². The van der Waals surface area contributed by atoms with Gasteiger partial charge in [0.05, 0.1) is 0 Å². The molecule has 0 amide bonds. The van der Waals surface area contributed by atoms with Crippen molar-refractivity contribution >= 4 is 5.82 Å². The van der Waals surface area contributed by atoms with Crippen molar-refractivity contribution in [1.82, 2.24) is 10.3 Å². The molecule has 2 atom stereocenters. The van der Waals surface area contributed by atoms with E-state index in [9.17, 15) is 0 Å². The van der Waals surface area contributed by atoms with E-state index >= 15 is 0 Å². The average molecular weight is 287 g/mol. The van der Waals surface area contributed by atoms with Crippen LogP contribution < -0.4 is 10.2 Å². The first-order chi connectivity index (χ1) is 10.1. The first-order valence-corrected chi connectivity index (χ1v) is 8.55. The number of pyridine rings is 1. The number of anilines is 1. The lowest BCUT2D eigenvalue weighted by Crippen LogP contribution is -2.36. The number of hydrogen-bond acceptors (Lipinski definition) is 3. The van der Waals surface area contributed by atoms with Gasteiger partial charge in [-0.15, -0.1) is 0 Å². The third-order valence-electron chi connectivity index (χ3n) is 4.99. The Morgan fingerprint density at radius 2 is 2.05 bits per heavy atom. The van der Waals surface area contributed by atoms with Crippen LogP contribution in [0.1, 0.15) is 56.7 Å². The predicted octanol–water partition coefficient (Wildman–Crippen LogP) is 3.66. The lowest BCUT2D eigenvalue weighted by molar-refractivity contribution is 0.335. The molecule has 1 aromatic heterocycles. The number of nitrogens with zero attached hydrogens (tertiary/aromatic N) is 2. The Bertz CT molecular complexity index is 481. The van der Waals surface area contributed by atoms with Crippen molar-refractivity contribution in [3.8, 4) is 0 Å². The maximum Gasteiger partial charge on any atom is 0.129 e. The molecule has 0 bridgehead atoms. The van der Waals surface area contributed by atoms with Crippen LogP contribution >= 0.6 is 0 Å². The van der Waals surface area contributed by atoms with E-state index in [1.165, 1.54) is 44.1 Å². The lowest BCUT2D eigenvalue weighted by atomic mass is 9.86. The summed E-state index contributed by atoms with van der Waals surface area (Å²) in [4.78, 5) is 7.19. The summed E-state index contributed by atoms with van der Waals surface area (Å²) in [5.41, 5.74) is 2.51. The van der Waals surface area contributed by atoms with E-state index in [1.54, 1.807) is 0 Å². The van der Waals surface area contributed by atoms with Crippen LogP contribution in [0.3, 0.4) is 0 Å². The number of rotatable bonds is 5. The van der Waals surface area contributed by atoms with Gasteiger partial charge in [-0.05, 0) is 56.2 Å². The van der Waals surface area contributed by atoms with E-state index in [4.69, 9.17) is 4.98 Å². The first-order valence-electron chi connectivity index (χ1n) is 8.55. The zero-order chi connectivity index (χ0) is 14.8. The molecule has 0 aliphatic heterocycles. The van der Waals surface area contributed by atoms with Crippen LogP contribution in [0.25, 0.3) is 0 Å². The van der Waals surface area contributed by atoms with Crippen LogP contribution in [0.5, 0.6) is 0 Å². The fraction of sp³-hybridized carbons (Fsp3) is 0.722. The zero-order valence-corrected chi connectivity index (χ0v) is 13.7. The highest BCUT2D eigenvalue weighted by atomic mass is 15.2. The van der Waals surface area contributed by atoms with Gasteiger partial charge in [-0.2, -0.15) is 0 Å². The van der Waals surface area contributed by atoms with Gasteiger partial charge in [0, 0.05) is 31.4 Å². The molecule has 0 aromatic carbocycles. The number of hydrogen-bond donors (Lipinski definition) is 1. The van der Waals surface area contributed by atoms with E-state index in [0.717, 1.165) is 30.0 Å². The van der Waals surface area contributed by atoms with Crippen LogP contribution in [-0.2, 0) is 6.54 Å². The standard InChI is InChI=1S/C18H29N3/c1-13-5-4-6-17(9-13)21(3)18-11-15(10-14(2)20-18)12-19-16-7-8-16/h10-11,13,16-17,19H,4-9,12H2,1-3H3. The highest BCUT2D eigenvalue weighted by molar-refractivity contribution is 5.43. The number of aryl methyl sites for hydroxylation is 1. The zero-order valence-electron chi connectivity index (χ0n) is 13.7. The Balaban J connectivity index is 1.70. The van der Waals surface area contributed by atoms with Crippen molar-refractivity contribution < 1.29 is 0 Å². The monoisotopic (exact) mass is 287 g/mol. The van der Waals surface area contributed by atoms with Crippen LogP contribution in [0, 0.1) is 12.8 Å². The average Bonchev–Trinajstić information content (AvgIpc) is 3.28. The summed E-state index contributed by atoms with van der Waals surface area (Å²) in [7, 11) is 2.22. The summed E-state index contributed by atoms with van der Waals surface area (Å²) in [6.07, 6.45) is 8.06. The maximum atomic E-state index is 4.77. The lowest BCUT2D eigenvalue weighted by Gasteiger charge is -2.35. The Kier molecular flexibility index (Phi) is 4.48. The SMILES string of the molecule is Cc1cc(CNC2CC2)cc(N(C)C2CCCC(C)C2)n1. The van der Waals surface area contributed by atoms with E-state index < -0.39 is 0 Å². The van der Waals surface area contributed by atoms with Crippen molar-refractivity contribution in [2.45, 2.75) is 71.0 Å². The van der Waals surface area contributed by atoms with Gasteiger partial charge in [-0.3, -0.25) is 0 Å². The van der Waals surface area contributed by atoms with Gasteiger partial charge in [0.25, 0.3) is 0 Å². The van der Waals surface area contributed by atoms with E-state index in [-0.39, 0.29) is 0 Å². The molecular weight excluding hydrogens is 258 g/mol. The Hall–Kier alpha value is -1.09. The van der Waals surface area contributed by atoms with Crippen molar-refractivity contribution in [1.29, 1.82) is 0 Å². The Labute approximate surface area is 129 Å². The van der Waals surface area contributed by atoms with Gasteiger partial charge in [0.2, 0.25) is 0 Å². The fourth-order valence-electron chi connectivity index (χ4n) is 3.49. The molecule has 21 heavy (non-hydrogen) atoms. The summed E-state index contributed by atoms with van der Waals surface area (Å²) in [6.45, 7) is 5.48. The quantitative estimate of drug-likeness (QED) is 0.896. The molecule has 2 fully saturated rings. The molecule has 2 unspecified atom stereocenters. The minimum atomic E-state index is 0.660. The van der Waals surface area contributed by atoms with E-state index in [2.05, 4.69) is 43.2 Å². The second kappa shape index (κ2) is 6.35. The summed E-state index contributed by atoms with van der Waals surface area (Å²) in [5, 5.41) is 3.61. The second-order valence-corrected chi connectivity index (χ2v) is 7.17. The summed E-state index contributed by atoms with van der Waals surface area (Å²) >= 11 is 0. The van der Waals surface area contributed by atoms with Gasteiger partial charge in [0.15, 0.2) is 0 Å². The topological polar surface area (TPSA) is 28.2 Å². The van der Waals surface area contributed by atoms with Gasteiger partial charge >= 0.3 is 0 Å². The van der Waals surface area contributed by atoms with Crippen molar-refractivity contribution in [3.05, 3.63) is 23.4 Å². The second-order valence-electron chi connectivity index (χ2n) is 7.17. The summed E-state index contributed by atoms with van der Waals surface area (Å²) < 4.78 is 0. The van der Waals surface area contributed by atoms with Crippen molar-refractivity contribution in [2.24, 2.45) is 5.92 Å². The highest BCUT2D eigenvalue weighted by Gasteiger charge is 2.24. The van der Waals surface area contributed by atoms with Gasteiger partial charge in [-0.25, -0.2) is 4.98 Å². The first kappa shape index (κ1) is 14.8. The minimum absolute atomic E-state index is 0.660. The normalized spacial score (nSPS) is 25.9. The molecule has 2 aliphatic rings. The molecule has 0 saturated heterocycles. The largest absolute Gasteiger partial charge is 0.357 e. The Morgan fingerprint density at radius 3 is 2.76 bits per heavy atom. The molecule has 1 heterocycles. The van der Waals surface area contributed by atoms with Gasteiger partial charge < -0.3 is 10.2 Å². The summed E-state index contributed by atoms with van der Waals surface area (Å²) in [6, 6.07) is 5.92. The number of nitrogens with one attached hydrogen (secondary N) is 1. The molecular formula is C18H29N3. The molecule has 116 valence electrons. The molecule has 3 heteroatoms. The highest BCUT2D eigenvalue weighted by Crippen LogP contribution is 2.29. The maximum absolute atomic E-state index is 4.77. The fourth-order valence-corrected chi connectivity index (χ4v) is 3.49. The van der Waals surface area contributed by atoms with E-state index in [0.29, 0.717) is 6.04 Å². The molecule has 3 rings (SSSR count). The van der Waals surface area contributed by atoms with Gasteiger partial charge in [-0.1, -0.05) is 19.8 Å². The molecule has 2 aliphatic carbocycles. The third-order valence-corrected chi connectivity index (χ3v) is 4.99. The smallest absolute Gasteiger partial charge is 0.129 e. The van der Waals surface area contributed by atoms with Crippen LogP contribution in [-0.4, -0.2) is 24.1 Å². The van der Waals surface area contributed by atoms with Crippen molar-refractivity contribution in [3.63, 3.8) is 0 Å². The van der Waals surface area contributed by atoms with Crippen LogP contribution in [0.15, 0.2) is 12.1 Å². The molecule has 3 nitrogen and oxygen atoms in total. The van der Waals surface area contributed by atoms with Crippen molar-refractivity contribution in [2.75, 3.05) is 11.9 Å². The molecule has 2 saturated carbocycles. The Morgan fingerprint density at radius 1 is 1.24 bits per heavy atom. The summed E-state index contributed by atoms with van der Waals surface area (Å²) in [5.74, 6) is 2.01. The predicted molar refractivity (Wildman–Crippen MR) is 88.7 cm³/mol. The van der Waals surface area contributed by atoms with Gasteiger partial charge in [0.1, 0.15) is 5.82 Å². The number of aromatic nitrogens is 1. The molecule has 1 aromatic rings. The molecule has 0 radical (unpaired) electrons. The third kappa shape index (κ3) is 3.97.